The molecule has 1 aromatic carbocycles. The van der Waals surface area contributed by atoms with Crippen molar-refractivity contribution in [2.24, 2.45) is 0 Å². The van der Waals surface area contributed by atoms with Gasteiger partial charge in [0.2, 0.25) is 0 Å². The van der Waals surface area contributed by atoms with Gasteiger partial charge in [-0.2, -0.15) is 0 Å². The molecule has 0 bridgehead atoms. The highest BCUT2D eigenvalue weighted by atomic mass is 79.9. The predicted molar refractivity (Wildman–Crippen MR) is 85.2 cm³/mol. The summed E-state index contributed by atoms with van der Waals surface area (Å²) in [6.45, 7) is 0. The van der Waals surface area contributed by atoms with Crippen LogP contribution in [0, 0.1) is 5.82 Å². The number of hydrogen-bond donors (Lipinski definition) is 0. The molecule has 102 valence electrons. The monoisotopic (exact) mass is 380 g/mol. The van der Waals surface area contributed by atoms with Crippen molar-refractivity contribution in [1.29, 1.82) is 0 Å². The summed E-state index contributed by atoms with van der Waals surface area (Å²) in [6, 6.07) is 10.6. The number of alkyl halides is 2. The molecular formula is C14H12BrCl2FS. The number of benzene rings is 1. The Bertz CT molecular complexity index is 552. The Morgan fingerprint density at radius 2 is 1.89 bits per heavy atom. The highest BCUT2D eigenvalue weighted by Crippen LogP contribution is 2.35. The quantitative estimate of drug-likeness (QED) is 0.590. The van der Waals surface area contributed by atoms with E-state index in [9.17, 15) is 4.39 Å². The van der Waals surface area contributed by atoms with E-state index in [4.69, 9.17) is 23.2 Å². The number of halogens is 4. The van der Waals surface area contributed by atoms with E-state index in [1.807, 2.05) is 18.2 Å². The summed E-state index contributed by atoms with van der Waals surface area (Å²) in [5.74, 6) is 0.453. The number of thiophene rings is 1. The van der Waals surface area contributed by atoms with Crippen LogP contribution in [-0.2, 0) is 11.8 Å². The summed E-state index contributed by atoms with van der Waals surface area (Å²) in [4.78, 5) is 1.18. The van der Waals surface area contributed by atoms with Crippen LogP contribution >= 0.6 is 50.5 Å². The first-order valence-electron chi connectivity index (χ1n) is 5.72. The van der Waals surface area contributed by atoms with Gasteiger partial charge in [-0.3, -0.25) is 0 Å². The largest absolute Gasteiger partial charge is 0.207 e. The molecule has 0 N–H and O–H groups in total. The van der Waals surface area contributed by atoms with Gasteiger partial charge in [0.15, 0.2) is 0 Å². The van der Waals surface area contributed by atoms with Crippen molar-refractivity contribution in [2.45, 2.75) is 11.8 Å². The number of hydrogen-bond acceptors (Lipinski definition) is 1. The van der Waals surface area contributed by atoms with E-state index < -0.39 is 5.41 Å². The topological polar surface area (TPSA) is 0 Å². The van der Waals surface area contributed by atoms with Crippen molar-refractivity contribution >= 4 is 50.5 Å². The van der Waals surface area contributed by atoms with E-state index in [1.54, 1.807) is 17.4 Å². The van der Waals surface area contributed by atoms with Crippen molar-refractivity contribution in [2.75, 3.05) is 11.8 Å². The van der Waals surface area contributed by atoms with Crippen LogP contribution in [0.2, 0.25) is 0 Å². The Hall–Kier alpha value is -0.0900. The molecule has 0 atom stereocenters. The van der Waals surface area contributed by atoms with E-state index in [2.05, 4.69) is 15.9 Å². The van der Waals surface area contributed by atoms with E-state index in [-0.39, 0.29) is 5.82 Å². The highest BCUT2D eigenvalue weighted by Gasteiger charge is 2.32. The third-order valence-electron chi connectivity index (χ3n) is 3.09. The molecule has 0 spiro atoms. The second-order valence-corrected chi connectivity index (χ2v) is 7.52. The third-order valence-corrected chi connectivity index (χ3v) is 5.74. The maximum atomic E-state index is 13.4. The summed E-state index contributed by atoms with van der Waals surface area (Å²) >= 11 is 17.4. The second kappa shape index (κ2) is 6.57. The Morgan fingerprint density at radius 3 is 2.42 bits per heavy atom. The molecule has 0 aliphatic heterocycles. The molecule has 0 unspecified atom stereocenters. The molecule has 19 heavy (non-hydrogen) atoms. The van der Waals surface area contributed by atoms with Gasteiger partial charge in [-0.25, -0.2) is 4.39 Å². The summed E-state index contributed by atoms with van der Waals surface area (Å²) < 4.78 is 14.5. The van der Waals surface area contributed by atoms with Crippen LogP contribution in [0.5, 0.6) is 0 Å². The minimum Gasteiger partial charge on any atom is -0.207 e. The van der Waals surface area contributed by atoms with Crippen LogP contribution in [-0.4, -0.2) is 11.8 Å². The van der Waals surface area contributed by atoms with E-state index >= 15 is 0 Å². The van der Waals surface area contributed by atoms with Crippen molar-refractivity contribution in [3.05, 3.63) is 56.4 Å². The molecular weight excluding hydrogens is 370 g/mol. The lowest BCUT2D eigenvalue weighted by molar-refractivity contribution is 0.532. The molecule has 0 amide bonds. The Labute approximate surface area is 134 Å². The van der Waals surface area contributed by atoms with Gasteiger partial charge >= 0.3 is 0 Å². The molecule has 0 aliphatic carbocycles. The predicted octanol–water partition coefficient (Wildman–Crippen LogP) is 5.61. The van der Waals surface area contributed by atoms with Crippen molar-refractivity contribution in [3.63, 3.8) is 0 Å². The summed E-state index contributed by atoms with van der Waals surface area (Å²) in [5.41, 5.74) is 0.414. The molecule has 0 nitrogen and oxygen atoms in total. The van der Waals surface area contributed by atoms with Crippen molar-refractivity contribution in [3.8, 4) is 0 Å². The van der Waals surface area contributed by atoms with Gasteiger partial charge in [0.25, 0.3) is 0 Å². The van der Waals surface area contributed by atoms with Gasteiger partial charge in [-0.15, -0.1) is 34.5 Å². The first-order valence-corrected chi connectivity index (χ1v) is 8.40. The molecule has 0 saturated heterocycles. The lowest BCUT2D eigenvalue weighted by Gasteiger charge is -2.29. The average molecular weight is 382 g/mol. The summed E-state index contributed by atoms with van der Waals surface area (Å²) in [7, 11) is 0. The lowest BCUT2D eigenvalue weighted by Crippen LogP contribution is -2.33. The van der Waals surface area contributed by atoms with Crippen LogP contribution in [0.1, 0.15) is 10.4 Å². The van der Waals surface area contributed by atoms with Crippen molar-refractivity contribution in [1.82, 2.24) is 0 Å². The zero-order chi connectivity index (χ0) is 13.9. The molecule has 0 aliphatic rings. The third kappa shape index (κ3) is 3.52. The summed E-state index contributed by atoms with van der Waals surface area (Å²) in [6.07, 6.45) is 0.708. The van der Waals surface area contributed by atoms with Gasteiger partial charge in [-0.1, -0.05) is 12.1 Å². The Kier molecular flexibility index (Phi) is 5.29. The molecule has 0 saturated carbocycles. The number of rotatable bonds is 5. The van der Waals surface area contributed by atoms with E-state index in [0.29, 0.717) is 18.2 Å². The van der Waals surface area contributed by atoms with Crippen LogP contribution in [0.15, 0.2) is 40.2 Å². The zero-order valence-corrected chi connectivity index (χ0v) is 13.9. The van der Waals surface area contributed by atoms with Crippen LogP contribution < -0.4 is 0 Å². The minimum absolute atomic E-state index is 0.260. The fraction of sp³-hybridized carbons (Fsp3) is 0.286. The molecule has 2 rings (SSSR count). The fourth-order valence-corrected chi connectivity index (χ4v) is 4.40. The van der Waals surface area contributed by atoms with Gasteiger partial charge < -0.3 is 0 Å². The van der Waals surface area contributed by atoms with Crippen LogP contribution in [0.3, 0.4) is 0 Å². The van der Waals surface area contributed by atoms with E-state index in [1.165, 1.54) is 17.0 Å². The van der Waals surface area contributed by atoms with Gasteiger partial charge in [0.05, 0.1) is 3.79 Å². The summed E-state index contributed by atoms with van der Waals surface area (Å²) in [5, 5.41) is 0. The molecule has 1 heterocycles. The van der Waals surface area contributed by atoms with Crippen LogP contribution in [0.25, 0.3) is 0 Å². The van der Waals surface area contributed by atoms with Gasteiger partial charge in [0, 0.05) is 22.1 Å². The standard InChI is InChI=1S/C14H12BrCl2FS/c15-13-5-4-12(19-13)7-14(8-16,9-17)10-2-1-3-11(18)6-10/h1-6H,7-9H2. The fourth-order valence-electron chi connectivity index (χ4n) is 1.99. The molecule has 0 fully saturated rings. The SMILES string of the molecule is Fc1cccc(C(CCl)(CCl)Cc2ccc(Br)s2)c1. The molecule has 1 aromatic heterocycles. The average Bonchev–Trinajstić information content (AvgIpc) is 2.81. The molecule has 5 heteroatoms. The second-order valence-electron chi connectivity index (χ2n) is 4.44. The zero-order valence-electron chi connectivity index (χ0n) is 10.0. The van der Waals surface area contributed by atoms with E-state index in [0.717, 1.165) is 9.35 Å². The molecule has 0 radical (unpaired) electrons. The minimum atomic E-state index is -0.435. The first kappa shape index (κ1) is 15.3. The smallest absolute Gasteiger partial charge is 0.123 e. The van der Waals surface area contributed by atoms with Gasteiger partial charge in [-0.05, 0) is 52.2 Å². The maximum Gasteiger partial charge on any atom is 0.123 e. The Balaban J connectivity index is 2.37. The normalized spacial score (nSPS) is 11.8. The molecule has 2 aromatic rings. The van der Waals surface area contributed by atoms with Crippen LogP contribution in [0.4, 0.5) is 4.39 Å². The van der Waals surface area contributed by atoms with Gasteiger partial charge in [0.1, 0.15) is 5.82 Å². The van der Waals surface area contributed by atoms with Crippen molar-refractivity contribution < 1.29 is 4.39 Å². The maximum absolute atomic E-state index is 13.4. The highest BCUT2D eigenvalue weighted by molar-refractivity contribution is 9.11. The lowest BCUT2D eigenvalue weighted by atomic mass is 9.80. The first-order chi connectivity index (χ1) is 9.09. The Morgan fingerprint density at radius 1 is 1.16 bits per heavy atom.